The summed E-state index contributed by atoms with van der Waals surface area (Å²) in [6.45, 7) is 5.07. The Morgan fingerprint density at radius 3 is 2.32 bits per heavy atom. The Morgan fingerprint density at radius 1 is 0.784 bits per heavy atom. The standard InChI is InChI=1S/C32H29N3O2/c1-3-36-31-20-25(17-18-30(31)37-23-26-12-10-11-24(2)19-26)22-33-32-21-29(27-13-6-4-7-14-27)34-35(32)28-15-8-5-9-16-28/h4-22H,3,23H2,1-2H3. The SMILES string of the molecule is CCOc1cc(C=Nc2cc(-c3ccccc3)nn2-c2ccccc2)ccc1OCc1cccc(C)c1. The molecule has 4 aromatic carbocycles. The summed E-state index contributed by atoms with van der Waals surface area (Å²) >= 11 is 0. The first-order chi connectivity index (χ1) is 18.2. The summed E-state index contributed by atoms with van der Waals surface area (Å²) in [4.78, 5) is 4.81. The first kappa shape index (κ1) is 24.1. The largest absolute Gasteiger partial charge is 0.490 e. The molecule has 0 aliphatic carbocycles. The van der Waals surface area contributed by atoms with Gasteiger partial charge in [-0.1, -0.05) is 78.4 Å². The quantitative estimate of drug-likeness (QED) is 0.201. The lowest BCUT2D eigenvalue weighted by Gasteiger charge is -2.13. The highest BCUT2D eigenvalue weighted by atomic mass is 16.5. The van der Waals surface area contributed by atoms with Crippen molar-refractivity contribution in [3.05, 3.63) is 126 Å². The summed E-state index contributed by atoms with van der Waals surface area (Å²) < 4.78 is 13.8. The van der Waals surface area contributed by atoms with Crippen LogP contribution in [0.15, 0.2) is 114 Å². The van der Waals surface area contributed by atoms with E-state index in [9.17, 15) is 0 Å². The zero-order chi connectivity index (χ0) is 25.5. The number of benzene rings is 4. The first-order valence-electron chi connectivity index (χ1n) is 12.4. The molecule has 5 nitrogen and oxygen atoms in total. The van der Waals surface area contributed by atoms with E-state index in [1.165, 1.54) is 5.56 Å². The number of nitrogens with zero attached hydrogens (tertiary/aromatic N) is 3. The molecule has 37 heavy (non-hydrogen) atoms. The summed E-state index contributed by atoms with van der Waals surface area (Å²) in [5, 5.41) is 4.84. The predicted octanol–water partition coefficient (Wildman–Crippen LogP) is 7.58. The number of ether oxygens (including phenoxy) is 2. The molecule has 0 N–H and O–H groups in total. The highest BCUT2D eigenvalue weighted by molar-refractivity contribution is 5.83. The molecule has 5 rings (SSSR count). The maximum Gasteiger partial charge on any atom is 0.161 e. The second-order valence-corrected chi connectivity index (χ2v) is 8.68. The van der Waals surface area contributed by atoms with Crippen LogP contribution in [-0.2, 0) is 6.61 Å². The van der Waals surface area contributed by atoms with Gasteiger partial charge in [0.25, 0.3) is 0 Å². The lowest BCUT2D eigenvalue weighted by Crippen LogP contribution is -2.00. The fraction of sp³-hybridized carbons (Fsp3) is 0.125. The highest BCUT2D eigenvalue weighted by Crippen LogP contribution is 2.30. The summed E-state index contributed by atoms with van der Waals surface area (Å²) in [5.74, 6) is 2.14. The van der Waals surface area contributed by atoms with Crippen LogP contribution in [0.4, 0.5) is 5.82 Å². The molecular weight excluding hydrogens is 458 g/mol. The van der Waals surface area contributed by atoms with Crippen LogP contribution in [-0.4, -0.2) is 22.6 Å². The number of rotatable bonds is 9. The van der Waals surface area contributed by atoms with Crippen molar-refractivity contribution in [1.82, 2.24) is 9.78 Å². The number of aromatic nitrogens is 2. The van der Waals surface area contributed by atoms with Crippen LogP contribution in [0.1, 0.15) is 23.6 Å². The van der Waals surface area contributed by atoms with Crippen molar-refractivity contribution in [1.29, 1.82) is 0 Å². The molecule has 0 aliphatic heterocycles. The fourth-order valence-corrected chi connectivity index (χ4v) is 4.07. The third kappa shape index (κ3) is 5.96. The van der Waals surface area contributed by atoms with Crippen LogP contribution < -0.4 is 9.47 Å². The van der Waals surface area contributed by atoms with Crippen molar-refractivity contribution in [2.75, 3.05) is 6.61 Å². The van der Waals surface area contributed by atoms with E-state index >= 15 is 0 Å². The smallest absolute Gasteiger partial charge is 0.161 e. The van der Waals surface area contributed by atoms with E-state index in [1.807, 2.05) is 96.7 Å². The topological polar surface area (TPSA) is 48.6 Å². The highest BCUT2D eigenvalue weighted by Gasteiger charge is 2.11. The Balaban J connectivity index is 1.42. The third-order valence-corrected chi connectivity index (χ3v) is 5.85. The van der Waals surface area contributed by atoms with E-state index in [-0.39, 0.29) is 0 Å². The Kier molecular flexibility index (Phi) is 7.42. The van der Waals surface area contributed by atoms with Gasteiger partial charge in [-0.2, -0.15) is 5.10 Å². The molecule has 0 fully saturated rings. The van der Waals surface area contributed by atoms with Gasteiger partial charge in [-0.15, -0.1) is 0 Å². The second-order valence-electron chi connectivity index (χ2n) is 8.68. The number of para-hydroxylation sites is 1. The van der Waals surface area contributed by atoms with Gasteiger partial charge in [0.2, 0.25) is 0 Å². The lowest BCUT2D eigenvalue weighted by atomic mass is 10.1. The molecule has 0 spiro atoms. The zero-order valence-electron chi connectivity index (χ0n) is 21.0. The molecule has 0 saturated heterocycles. The van der Waals surface area contributed by atoms with Gasteiger partial charge < -0.3 is 9.47 Å². The summed E-state index contributed by atoms with van der Waals surface area (Å²) in [6, 6.07) is 36.3. The third-order valence-electron chi connectivity index (χ3n) is 5.85. The van der Waals surface area contributed by atoms with E-state index < -0.39 is 0 Å². The van der Waals surface area contributed by atoms with E-state index in [1.54, 1.807) is 0 Å². The maximum absolute atomic E-state index is 6.09. The molecule has 1 heterocycles. The van der Waals surface area contributed by atoms with Gasteiger partial charge in [-0.25, -0.2) is 9.67 Å². The lowest BCUT2D eigenvalue weighted by molar-refractivity contribution is 0.269. The van der Waals surface area contributed by atoms with E-state index in [0.29, 0.717) is 24.7 Å². The minimum atomic E-state index is 0.480. The summed E-state index contributed by atoms with van der Waals surface area (Å²) in [5.41, 5.74) is 6.10. The molecule has 0 bridgehead atoms. The van der Waals surface area contributed by atoms with Gasteiger partial charge in [0, 0.05) is 17.8 Å². The molecule has 0 amide bonds. The van der Waals surface area contributed by atoms with Gasteiger partial charge >= 0.3 is 0 Å². The van der Waals surface area contributed by atoms with E-state index in [2.05, 4.69) is 37.3 Å². The van der Waals surface area contributed by atoms with Crippen LogP contribution in [0.5, 0.6) is 11.5 Å². The molecule has 5 aromatic rings. The monoisotopic (exact) mass is 487 g/mol. The van der Waals surface area contributed by atoms with Gasteiger partial charge in [0.15, 0.2) is 17.3 Å². The van der Waals surface area contributed by atoms with Gasteiger partial charge in [0.05, 0.1) is 18.0 Å². The Morgan fingerprint density at radius 2 is 1.57 bits per heavy atom. The normalized spacial score (nSPS) is 11.1. The molecule has 184 valence electrons. The second kappa shape index (κ2) is 11.4. The van der Waals surface area contributed by atoms with Crippen LogP contribution in [0.3, 0.4) is 0 Å². The van der Waals surface area contributed by atoms with Crippen molar-refractivity contribution in [3.63, 3.8) is 0 Å². The molecule has 0 radical (unpaired) electrons. The number of aryl methyl sites for hydroxylation is 1. The van der Waals surface area contributed by atoms with Crippen LogP contribution in [0, 0.1) is 6.92 Å². The molecule has 0 saturated carbocycles. The molecule has 0 aliphatic rings. The number of hydrogen-bond acceptors (Lipinski definition) is 4. The summed E-state index contributed by atoms with van der Waals surface area (Å²) in [7, 11) is 0. The minimum Gasteiger partial charge on any atom is -0.490 e. The van der Waals surface area contributed by atoms with Gasteiger partial charge in [-0.3, -0.25) is 0 Å². The van der Waals surface area contributed by atoms with Crippen molar-refractivity contribution >= 4 is 12.0 Å². The molecule has 0 atom stereocenters. The van der Waals surface area contributed by atoms with Gasteiger partial charge in [-0.05, 0) is 55.3 Å². The van der Waals surface area contributed by atoms with Gasteiger partial charge in [0.1, 0.15) is 6.61 Å². The van der Waals surface area contributed by atoms with Crippen LogP contribution >= 0.6 is 0 Å². The Hall–Kier alpha value is -4.64. The zero-order valence-corrected chi connectivity index (χ0v) is 21.0. The fourth-order valence-electron chi connectivity index (χ4n) is 4.07. The van der Waals surface area contributed by atoms with Crippen molar-refractivity contribution < 1.29 is 9.47 Å². The minimum absolute atomic E-state index is 0.480. The summed E-state index contributed by atoms with van der Waals surface area (Å²) in [6.07, 6.45) is 1.83. The van der Waals surface area contributed by atoms with Crippen molar-refractivity contribution in [2.45, 2.75) is 20.5 Å². The van der Waals surface area contributed by atoms with E-state index in [4.69, 9.17) is 19.6 Å². The van der Waals surface area contributed by atoms with E-state index in [0.717, 1.165) is 33.9 Å². The molecular formula is C32H29N3O2. The molecule has 1 aromatic heterocycles. The molecule has 0 unspecified atom stereocenters. The average molecular weight is 488 g/mol. The first-order valence-corrected chi connectivity index (χ1v) is 12.4. The van der Waals surface area contributed by atoms with Crippen LogP contribution in [0.2, 0.25) is 0 Å². The Labute approximate surface area is 217 Å². The average Bonchev–Trinajstić information content (AvgIpc) is 3.37. The number of aliphatic imine (C=N–C) groups is 1. The predicted molar refractivity (Wildman–Crippen MR) is 149 cm³/mol. The Bertz CT molecular complexity index is 1490. The molecule has 5 heteroatoms. The van der Waals surface area contributed by atoms with Crippen LogP contribution in [0.25, 0.3) is 16.9 Å². The maximum atomic E-state index is 6.09. The van der Waals surface area contributed by atoms with Crippen molar-refractivity contribution in [2.24, 2.45) is 4.99 Å². The van der Waals surface area contributed by atoms with Crippen molar-refractivity contribution in [3.8, 4) is 28.4 Å². The number of hydrogen-bond donors (Lipinski definition) is 0.